The highest BCUT2D eigenvalue weighted by Gasteiger charge is 2.19. The molecule has 1 N–H and O–H groups in total. The number of anilines is 1. The highest BCUT2D eigenvalue weighted by Crippen LogP contribution is 2.16. The Hall–Kier alpha value is -1.16. The molecule has 0 unspecified atom stereocenters. The van der Waals surface area contributed by atoms with Crippen molar-refractivity contribution in [2.45, 2.75) is 32.7 Å². The van der Waals surface area contributed by atoms with Crippen LogP contribution >= 0.6 is 0 Å². The van der Waals surface area contributed by atoms with E-state index in [0.29, 0.717) is 6.04 Å². The van der Waals surface area contributed by atoms with Gasteiger partial charge in [0.2, 0.25) is 0 Å². The lowest BCUT2D eigenvalue weighted by Gasteiger charge is -2.34. The second kappa shape index (κ2) is 5.25. The molecule has 0 radical (unpaired) electrons. The quantitative estimate of drug-likeness (QED) is 0.832. The Labute approximate surface area is 97.1 Å². The van der Waals surface area contributed by atoms with Crippen LogP contribution in [0.5, 0.6) is 0 Å². The first kappa shape index (κ1) is 11.3. The van der Waals surface area contributed by atoms with Crippen molar-refractivity contribution < 1.29 is 0 Å². The zero-order valence-electron chi connectivity index (χ0n) is 10.1. The Bertz CT molecular complexity index is 340. The van der Waals surface area contributed by atoms with Crippen LogP contribution in [0, 0.1) is 0 Å². The van der Waals surface area contributed by atoms with E-state index in [9.17, 15) is 0 Å². The van der Waals surface area contributed by atoms with E-state index < -0.39 is 0 Å². The highest BCUT2D eigenvalue weighted by molar-refractivity contribution is 5.40. The standard InChI is InChI=1S/C12H20N4/c1-3-4-11-7-12(15-9-14-11)16-6-5-13-8-10(16)2/h7,9-10,13H,3-6,8H2,1-2H3/t10-/m1/s1. The molecule has 1 fully saturated rings. The van der Waals surface area contributed by atoms with Crippen LogP contribution in [0.15, 0.2) is 12.4 Å². The lowest BCUT2D eigenvalue weighted by atomic mass is 10.2. The number of nitrogens with one attached hydrogen (secondary N) is 1. The number of aryl methyl sites for hydroxylation is 1. The maximum absolute atomic E-state index is 4.38. The van der Waals surface area contributed by atoms with Crippen molar-refractivity contribution in [1.82, 2.24) is 15.3 Å². The Kier molecular flexibility index (Phi) is 3.72. The average Bonchev–Trinajstić information content (AvgIpc) is 2.30. The maximum Gasteiger partial charge on any atom is 0.132 e. The summed E-state index contributed by atoms with van der Waals surface area (Å²) in [5.41, 5.74) is 1.15. The van der Waals surface area contributed by atoms with Gasteiger partial charge in [0.1, 0.15) is 12.1 Å². The normalized spacial score (nSPS) is 21.1. The molecule has 2 heterocycles. The second-order valence-electron chi connectivity index (χ2n) is 4.36. The Balaban J connectivity index is 2.15. The molecule has 16 heavy (non-hydrogen) atoms. The molecule has 1 atom stereocenters. The number of piperazine rings is 1. The number of aromatic nitrogens is 2. The third-order valence-corrected chi connectivity index (χ3v) is 3.01. The first-order valence-electron chi connectivity index (χ1n) is 6.09. The van der Waals surface area contributed by atoms with Gasteiger partial charge in [0, 0.05) is 37.4 Å². The SMILES string of the molecule is CCCc1cc(N2CCNC[C@H]2C)ncn1. The van der Waals surface area contributed by atoms with Gasteiger partial charge in [-0.3, -0.25) is 0 Å². The van der Waals surface area contributed by atoms with Gasteiger partial charge in [0.05, 0.1) is 0 Å². The van der Waals surface area contributed by atoms with E-state index in [1.54, 1.807) is 6.33 Å². The molecule has 0 saturated carbocycles. The lowest BCUT2D eigenvalue weighted by molar-refractivity contribution is 0.496. The average molecular weight is 220 g/mol. The molecule has 4 heteroatoms. The molecule has 2 rings (SSSR count). The van der Waals surface area contributed by atoms with Gasteiger partial charge in [-0.25, -0.2) is 9.97 Å². The number of nitrogens with zero attached hydrogens (tertiary/aromatic N) is 3. The van der Waals surface area contributed by atoms with Gasteiger partial charge < -0.3 is 10.2 Å². The molecule has 88 valence electrons. The van der Waals surface area contributed by atoms with Gasteiger partial charge in [0.15, 0.2) is 0 Å². The zero-order valence-corrected chi connectivity index (χ0v) is 10.1. The van der Waals surface area contributed by atoms with Gasteiger partial charge in [-0.1, -0.05) is 13.3 Å². The molecule has 0 spiro atoms. The van der Waals surface area contributed by atoms with Gasteiger partial charge in [-0.2, -0.15) is 0 Å². The molecule has 0 bridgehead atoms. The van der Waals surface area contributed by atoms with Crippen molar-refractivity contribution in [2.24, 2.45) is 0 Å². The summed E-state index contributed by atoms with van der Waals surface area (Å²) in [6.45, 7) is 7.51. The molecule has 0 aromatic carbocycles. The molecular formula is C12H20N4. The van der Waals surface area contributed by atoms with Gasteiger partial charge in [-0.15, -0.1) is 0 Å². The van der Waals surface area contributed by atoms with Crippen molar-refractivity contribution in [3.63, 3.8) is 0 Å². The highest BCUT2D eigenvalue weighted by atomic mass is 15.3. The third kappa shape index (κ3) is 2.50. The maximum atomic E-state index is 4.38. The van der Waals surface area contributed by atoms with E-state index >= 15 is 0 Å². The van der Waals surface area contributed by atoms with Crippen molar-refractivity contribution in [3.8, 4) is 0 Å². The van der Waals surface area contributed by atoms with Crippen LogP contribution in [-0.4, -0.2) is 35.6 Å². The van der Waals surface area contributed by atoms with Crippen LogP contribution in [0.3, 0.4) is 0 Å². The van der Waals surface area contributed by atoms with Crippen LogP contribution in [0.1, 0.15) is 26.0 Å². The molecule has 0 amide bonds. The van der Waals surface area contributed by atoms with E-state index in [4.69, 9.17) is 0 Å². The minimum absolute atomic E-state index is 0.512. The van der Waals surface area contributed by atoms with Crippen molar-refractivity contribution in [2.75, 3.05) is 24.5 Å². The summed E-state index contributed by atoms with van der Waals surface area (Å²) in [7, 11) is 0. The summed E-state index contributed by atoms with van der Waals surface area (Å²) in [4.78, 5) is 11.0. The molecular weight excluding hydrogens is 200 g/mol. The second-order valence-corrected chi connectivity index (χ2v) is 4.36. The third-order valence-electron chi connectivity index (χ3n) is 3.01. The summed E-state index contributed by atoms with van der Waals surface area (Å²) >= 11 is 0. The van der Waals surface area contributed by atoms with Gasteiger partial charge in [-0.05, 0) is 13.3 Å². The summed E-state index contributed by atoms with van der Waals surface area (Å²) < 4.78 is 0. The van der Waals surface area contributed by atoms with E-state index in [0.717, 1.165) is 44.0 Å². The first-order valence-corrected chi connectivity index (χ1v) is 6.09. The van der Waals surface area contributed by atoms with E-state index in [-0.39, 0.29) is 0 Å². The molecule has 1 aromatic rings. The van der Waals surface area contributed by atoms with Gasteiger partial charge in [0.25, 0.3) is 0 Å². The fourth-order valence-electron chi connectivity index (χ4n) is 2.12. The minimum Gasteiger partial charge on any atom is -0.351 e. The zero-order chi connectivity index (χ0) is 11.4. The van der Waals surface area contributed by atoms with Crippen molar-refractivity contribution in [1.29, 1.82) is 0 Å². The smallest absolute Gasteiger partial charge is 0.132 e. The van der Waals surface area contributed by atoms with Crippen molar-refractivity contribution >= 4 is 5.82 Å². The van der Waals surface area contributed by atoms with Gasteiger partial charge >= 0.3 is 0 Å². The summed E-state index contributed by atoms with van der Waals surface area (Å²) in [6, 6.07) is 2.64. The molecule has 0 aliphatic carbocycles. The van der Waals surface area contributed by atoms with E-state index in [1.807, 2.05) is 0 Å². The molecule has 4 nitrogen and oxygen atoms in total. The van der Waals surface area contributed by atoms with Crippen LogP contribution in [0.25, 0.3) is 0 Å². The van der Waals surface area contributed by atoms with E-state index in [2.05, 4.69) is 40.1 Å². The Morgan fingerprint density at radius 3 is 3.12 bits per heavy atom. The van der Waals surface area contributed by atoms with Crippen LogP contribution < -0.4 is 10.2 Å². The molecule has 1 aliphatic heterocycles. The van der Waals surface area contributed by atoms with Crippen LogP contribution in [0.4, 0.5) is 5.82 Å². The monoisotopic (exact) mass is 220 g/mol. The van der Waals surface area contributed by atoms with Crippen molar-refractivity contribution in [3.05, 3.63) is 18.1 Å². The number of hydrogen-bond acceptors (Lipinski definition) is 4. The first-order chi connectivity index (χ1) is 7.81. The Morgan fingerprint density at radius 2 is 2.38 bits per heavy atom. The molecule has 1 saturated heterocycles. The summed E-state index contributed by atoms with van der Waals surface area (Å²) in [5.74, 6) is 1.08. The van der Waals surface area contributed by atoms with E-state index in [1.165, 1.54) is 0 Å². The molecule has 1 aromatic heterocycles. The summed E-state index contributed by atoms with van der Waals surface area (Å²) in [6.07, 6.45) is 3.86. The predicted molar refractivity (Wildman–Crippen MR) is 65.7 cm³/mol. The fraction of sp³-hybridized carbons (Fsp3) is 0.667. The number of rotatable bonds is 3. The predicted octanol–water partition coefficient (Wildman–Crippen LogP) is 1.23. The topological polar surface area (TPSA) is 41.0 Å². The van der Waals surface area contributed by atoms with Crippen LogP contribution in [-0.2, 0) is 6.42 Å². The lowest BCUT2D eigenvalue weighted by Crippen LogP contribution is -2.50. The Morgan fingerprint density at radius 1 is 1.50 bits per heavy atom. The number of hydrogen-bond donors (Lipinski definition) is 1. The largest absolute Gasteiger partial charge is 0.351 e. The fourth-order valence-corrected chi connectivity index (χ4v) is 2.12. The molecule has 1 aliphatic rings. The summed E-state index contributed by atoms with van der Waals surface area (Å²) in [5, 5.41) is 3.39. The van der Waals surface area contributed by atoms with Crippen LogP contribution in [0.2, 0.25) is 0 Å². The minimum atomic E-state index is 0.512.